The predicted molar refractivity (Wildman–Crippen MR) is 71.8 cm³/mol. The van der Waals surface area contributed by atoms with Crippen molar-refractivity contribution in [1.29, 1.82) is 0 Å². The van der Waals surface area contributed by atoms with E-state index in [1.54, 1.807) is 0 Å². The van der Waals surface area contributed by atoms with Gasteiger partial charge in [-0.3, -0.25) is 4.68 Å². The SMILES string of the molecule is Cc1cc(-c2cccc(N)c2)n(C(C)(C)C)n1. The molecule has 17 heavy (non-hydrogen) atoms. The number of nitrogens with zero attached hydrogens (tertiary/aromatic N) is 2. The zero-order chi connectivity index (χ0) is 12.6. The Morgan fingerprint density at radius 1 is 1.18 bits per heavy atom. The van der Waals surface area contributed by atoms with E-state index in [2.05, 4.69) is 42.7 Å². The lowest BCUT2D eigenvalue weighted by Crippen LogP contribution is -2.24. The van der Waals surface area contributed by atoms with Crippen molar-refractivity contribution in [2.45, 2.75) is 33.2 Å². The van der Waals surface area contributed by atoms with Gasteiger partial charge in [-0.15, -0.1) is 0 Å². The Hall–Kier alpha value is -1.77. The Morgan fingerprint density at radius 2 is 1.88 bits per heavy atom. The van der Waals surface area contributed by atoms with Crippen molar-refractivity contribution in [3.63, 3.8) is 0 Å². The van der Waals surface area contributed by atoms with Crippen LogP contribution in [0.4, 0.5) is 5.69 Å². The van der Waals surface area contributed by atoms with Gasteiger partial charge in [0.2, 0.25) is 0 Å². The number of aryl methyl sites for hydroxylation is 1. The van der Waals surface area contributed by atoms with E-state index in [0.29, 0.717) is 0 Å². The van der Waals surface area contributed by atoms with Gasteiger partial charge in [-0.2, -0.15) is 5.10 Å². The Kier molecular flexibility index (Phi) is 2.69. The monoisotopic (exact) mass is 229 g/mol. The molecule has 3 nitrogen and oxygen atoms in total. The van der Waals surface area contributed by atoms with Crippen LogP contribution in [0, 0.1) is 6.92 Å². The summed E-state index contributed by atoms with van der Waals surface area (Å²) in [5.41, 5.74) is 9.83. The average molecular weight is 229 g/mol. The van der Waals surface area contributed by atoms with Crippen molar-refractivity contribution in [2.24, 2.45) is 0 Å². The lowest BCUT2D eigenvalue weighted by molar-refractivity contribution is 0.358. The van der Waals surface area contributed by atoms with Crippen molar-refractivity contribution < 1.29 is 0 Å². The number of nitrogens with two attached hydrogens (primary N) is 1. The second kappa shape index (κ2) is 3.91. The van der Waals surface area contributed by atoms with Gasteiger partial charge in [0, 0.05) is 11.3 Å². The first-order valence-electron chi connectivity index (χ1n) is 5.81. The molecule has 1 aromatic carbocycles. The van der Waals surface area contributed by atoms with Crippen molar-refractivity contribution in [3.05, 3.63) is 36.0 Å². The Labute approximate surface area is 102 Å². The van der Waals surface area contributed by atoms with Gasteiger partial charge in [0.25, 0.3) is 0 Å². The molecule has 0 spiro atoms. The summed E-state index contributed by atoms with van der Waals surface area (Å²) in [5, 5.41) is 4.56. The molecule has 0 fully saturated rings. The Morgan fingerprint density at radius 3 is 2.47 bits per heavy atom. The van der Waals surface area contributed by atoms with Crippen molar-refractivity contribution >= 4 is 5.69 Å². The second-order valence-electron chi connectivity index (χ2n) is 5.38. The summed E-state index contributed by atoms with van der Waals surface area (Å²) in [7, 11) is 0. The molecular formula is C14H19N3. The smallest absolute Gasteiger partial charge is 0.0692 e. The summed E-state index contributed by atoms with van der Waals surface area (Å²) in [6, 6.07) is 10.0. The molecule has 3 heteroatoms. The average Bonchev–Trinajstić information content (AvgIpc) is 2.60. The number of aromatic nitrogens is 2. The summed E-state index contributed by atoms with van der Waals surface area (Å²) in [4.78, 5) is 0. The van der Waals surface area contributed by atoms with Crippen molar-refractivity contribution in [3.8, 4) is 11.3 Å². The Balaban J connectivity index is 2.60. The fourth-order valence-corrected chi connectivity index (χ4v) is 1.91. The van der Waals surface area contributed by atoms with Gasteiger partial charge in [-0.1, -0.05) is 12.1 Å². The molecule has 2 rings (SSSR count). The van der Waals surface area contributed by atoms with Crippen LogP contribution in [0.2, 0.25) is 0 Å². The second-order valence-corrected chi connectivity index (χ2v) is 5.38. The summed E-state index contributed by atoms with van der Waals surface area (Å²) < 4.78 is 2.05. The molecule has 0 unspecified atom stereocenters. The highest BCUT2D eigenvalue weighted by molar-refractivity contribution is 5.64. The van der Waals surface area contributed by atoms with Gasteiger partial charge in [0.1, 0.15) is 0 Å². The molecule has 0 atom stereocenters. The molecule has 2 aromatic rings. The molecule has 0 radical (unpaired) electrons. The normalized spacial score (nSPS) is 11.8. The van der Waals surface area contributed by atoms with E-state index in [-0.39, 0.29) is 5.54 Å². The molecule has 1 aromatic heterocycles. The first-order valence-corrected chi connectivity index (χ1v) is 5.81. The van der Waals surface area contributed by atoms with Crippen molar-refractivity contribution in [1.82, 2.24) is 9.78 Å². The van der Waals surface area contributed by atoms with Gasteiger partial charge in [0.05, 0.1) is 16.9 Å². The zero-order valence-electron chi connectivity index (χ0n) is 10.9. The van der Waals surface area contributed by atoms with E-state index in [4.69, 9.17) is 5.73 Å². The lowest BCUT2D eigenvalue weighted by Gasteiger charge is -2.22. The van der Waals surface area contributed by atoms with Crippen LogP contribution in [0.1, 0.15) is 26.5 Å². The highest BCUT2D eigenvalue weighted by atomic mass is 15.3. The fraction of sp³-hybridized carbons (Fsp3) is 0.357. The van der Waals surface area contributed by atoms with Gasteiger partial charge >= 0.3 is 0 Å². The lowest BCUT2D eigenvalue weighted by atomic mass is 10.1. The summed E-state index contributed by atoms with van der Waals surface area (Å²) >= 11 is 0. The maximum absolute atomic E-state index is 5.83. The minimum atomic E-state index is -0.0335. The molecule has 0 saturated carbocycles. The Bertz CT molecular complexity index is 533. The fourth-order valence-electron chi connectivity index (χ4n) is 1.91. The molecule has 0 aliphatic heterocycles. The number of hydrogen-bond donors (Lipinski definition) is 1. The largest absolute Gasteiger partial charge is 0.399 e. The number of hydrogen-bond acceptors (Lipinski definition) is 2. The van der Waals surface area contributed by atoms with Crippen LogP contribution >= 0.6 is 0 Å². The maximum Gasteiger partial charge on any atom is 0.0692 e. The van der Waals surface area contributed by atoms with E-state index < -0.39 is 0 Å². The van der Waals surface area contributed by atoms with E-state index in [1.165, 1.54) is 0 Å². The standard InChI is InChI=1S/C14H19N3/c1-10-8-13(17(16-10)14(2,3)4)11-6-5-7-12(15)9-11/h5-9H,15H2,1-4H3. The number of benzene rings is 1. The van der Waals surface area contributed by atoms with Gasteiger partial charge in [-0.25, -0.2) is 0 Å². The third kappa shape index (κ3) is 2.33. The first kappa shape index (κ1) is 11.7. The number of anilines is 1. The van der Waals surface area contributed by atoms with Crippen molar-refractivity contribution in [2.75, 3.05) is 5.73 Å². The van der Waals surface area contributed by atoms with Gasteiger partial charge in [-0.05, 0) is 45.9 Å². The quantitative estimate of drug-likeness (QED) is 0.763. The zero-order valence-corrected chi connectivity index (χ0v) is 10.9. The molecular weight excluding hydrogens is 210 g/mol. The van der Waals surface area contributed by atoms with Crippen LogP contribution < -0.4 is 5.73 Å². The molecule has 0 amide bonds. The van der Waals surface area contributed by atoms with Crippen LogP contribution in [0.3, 0.4) is 0 Å². The predicted octanol–water partition coefficient (Wildman–Crippen LogP) is 3.20. The van der Waals surface area contributed by atoms with Crippen LogP contribution in [-0.2, 0) is 5.54 Å². The minimum absolute atomic E-state index is 0.0335. The molecule has 1 heterocycles. The number of nitrogen functional groups attached to an aromatic ring is 1. The maximum atomic E-state index is 5.83. The summed E-state index contributed by atoms with van der Waals surface area (Å²) in [6.45, 7) is 8.46. The molecule has 2 N–H and O–H groups in total. The third-order valence-electron chi connectivity index (χ3n) is 2.65. The van der Waals surface area contributed by atoms with Crippen LogP contribution in [0.15, 0.2) is 30.3 Å². The topological polar surface area (TPSA) is 43.8 Å². The van der Waals surface area contributed by atoms with Crippen LogP contribution in [-0.4, -0.2) is 9.78 Å². The highest BCUT2D eigenvalue weighted by Gasteiger charge is 2.19. The van der Waals surface area contributed by atoms with Gasteiger partial charge < -0.3 is 5.73 Å². The van der Waals surface area contributed by atoms with Gasteiger partial charge in [0.15, 0.2) is 0 Å². The van der Waals surface area contributed by atoms with Crippen LogP contribution in [0.5, 0.6) is 0 Å². The summed E-state index contributed by atoms with van der Waals surface area (Å²) in [6.07, 6.45) is 0. The summed E-state index contributed by atoms with van der Waals surface area (Å²) in [5.74, 6) is 0. The molecule has 0 bridgehead atoms. The molecule has 0 aliphatic carbocycles. The van der Waals surface area contributed by atoms with E-state index in [9.17, 15) is 0 Å². The van der Waals surface area contributed by atoms with E-state index >= 15 is 0 Å². The third-order valence-corrected chi connectivity index (χ3v) is 2.65. The van der Waals surface area contributed by atoms with E-state index in [0.717, 1.165) is 22.6 Å². The van der Waals surface area contributed by atoms with E-state index in [1.807, 2.05) is 25.1 Å². The molecule has 90 valence electrons. The molecule has 0 saturated heterocycles. The minimum Gasteiger partial charge on any atom is -0.399 e. The van der Waals surface area contributed by atoms with Crippen LogP contribution in [0.25, 0.3) is 11.3 Å². The highest BCUT2D eigenvalue weighted by Crippen LogP contribution is 2.27. The number of rotatable bonds is 1. The first-order chi connectivity index (χ1) is 7.88. The molecule has 0 aliphatic rings.